The molecular weight excluding hydrogens is 419 g/mol. The van der Waals surface area contributed by atoms with Crippen LogP contribution in [0, 0.1) is 0 Å². The van der Waals surface area contributed by atoms with Crippen LogP contribution in [0.15, 0.2) is 102 Å². The van der Waals surface area contributed by atoms with E-state index in [1.165, 1.54) is 11.8 Å². The number of carbonyl (C=O) groups is 1. The van der Waals surface area contributed by atoms with Gasteiger partial charge in [0.1, 0.15) is 0 Å². The average molecular weight is 435 g/mol. The number of benzene rings is 4. The molecule has 4 aromatic carbocycles. The van der Waals surface area contributed by atoms with Crippen molar-refractivity contribution in [1.82, 2.24) is 0 Å². The van der Waals surface area contributed by atoms with E-state index in [1.54, 1.807) is 0 Å². The van der Waals surface area contributed by atoms with Crippen LogP contribution >= 0.6 is 35.0 Å². The first-order chi connectivity index (χ1) is 14.1. The summed E-state index contributed by atoms with van der Waals surface area (Å²) in [6.07, 6.45) is 0. The summed E-state index contributed by atoms with van der Waals surface area (Å²) < 4.78 is 0. The van der Waals surface area contributed by atoms with Gasteiger partial charge in [-0.25, -0.2) is 0 Å². The number of hydrogen-bond donors (Lipinski definition) is 0. The second-order valence-electron chi connectivity index (χ2n) is 6.48. The third-order valence-corrected chi connectivity index (χ3v) is 6.03. The Morgan fingerprint density at radius 1 is 0.621 bits per heavy atom. The van der Waals surface area contributed by atoms with Crippen molar-refractivity contribution in [3.63, 3.8) is 0 Å². The second-order valence-corrected chi connectivity index (χ2v) is 8.37. The maximum absolute atomic E-state index is 12.8. The summed E-state index contributed by atoms with van der Waals surface area (Å²) in [7, 11) is 0. The van der Waals surface area contributed by atoms with Crippen LogP contribution in [-0.4, -0.2) is 5.12 Å². The van der Waals surface area contributed by atoms with E-state index in [2.05, 4.69) is 6.07 Å². The molecule has 4 aromatic rings. The third-order valence-electron chi connectivity index (χ3n) is 4.52. The van der Waals surface area contributed by atoms with Gasteiger partial charge in [0.05, 0.1) is 0 Å². The third kappa shape index (κ3) is 4.73. The molecule has 0 saturated heterocycles. The van der Waals surface area contributed by atoms with Gasteiger partial charge in [-0.1, -0.05) is 83.9 Å². The van der Waals surface area contributed by atoms with Crippen LogP contribution in [0.3, 0.4) is 0 Å². The van der Waals surface area contributed by atoms with Gasteiger partial charge >= 0.3 is 0 Å². The first-order valence-corrected chi connectivity index (χ1v) is 10.6. The summed E-state index contributed by atoms with van der Waals surface area (Å²) in [5.74, 6) is 0. The van der Waals surface area contributed by atoms with Gasteiger partial charge in [-0.05, 0) is 70.4 Å². The molecule has 0 aromatic heterocycles. The van der Waals surface area contributed by atoms with Crippen LogP contribution in [0.25, 0.3) is 22.3 Å². The van der Waals surface area contributed by atoms with Crippen molar-refractivity contribution in [3.05, 3.63) is 113 Å². The number of hydrogen-bond acceptors (Lipinski definition) is 2. The van der Waals surface area contributed by atoms with Gasteiger partial charge in [0, 0.05) is 20.5 Å². The predicted molar refractivity (Wildman–Crippen MR) is 124 cm³/mol. The fourth-order valence-electron chi connectivity index (χ4n) is 3.03. The Labute approximate surface area is 184 Å². The molecule has 142 valence electrons. The molecule has 0 saturated carbocycles. The first kappa shape index (κ1) is 19.8. The van der Waals surface area contributed by atoms with Gasteiger partial charge in [-0.15, -0.1) is 0 Å². The van der Waals surface area contributed by atoms with Gasteiger partial charge in [0.25, 0.3) is 0 Å². The molecule has 0 aliphatic rings. The summed E-state index contributed by atoms with van der Waals surface area (Å²) in [6, 6.07) is 30.8. The molecule has 0 heterocycles. The Kier molecular flexibility index (Phi) is 6.05. The molecule has 1 nitrogen and oxygen atoms in total. The van der Waals surface area contributed by atoms with Crippen LogP contribution in [-0.2, 0) is 0 Å². The highest BCUT2D eigenvalue weighted by molar-refractivity contribution is 8.14. The molecule has 0 radical (unpaired) electrons. The van der Waals surface area contributed by atoms with Crippen LogP contribution < -0.4 is 0 Å². The highest BCUT2D eigenvalue weighted by atomic mass is 35.5. The van der Waals surface area contributed by atoms with E-state index in [0.29, 0.717) is 15.6 Å². The van der Waals surface area contributed by atoms with Gasteiger partial charge in [-0.2, -0.15) is 0 Å². The van der Waals surface area contributed by atoms with Gasteiger partial charge in [-0.3, -0.25) is 4.79 Å². The van der Waals surface area contributed by atoms with Crippen LogP contribution in [0.1, 0.15) is 10.4 Å². The lowest BCUT2D eigenvalue weighted by Gasteiger charge is -2.12. The van der Waals surface area contributed by atoms with Crippen LogP contribution in [0.2, 0.25) is 10.0 Å². The molecule has 0 spiro atoms. The first-order valence-electron chi connectivity index (χ1n) is 9.03. The fourth-order valence-corrected chi connectivity index (χ4v) is 4.16. The lowest BCUT2D eigenvalue weighted by Crippen LogP contribution is -1.94. The zero-order chi connectivity index (χ0) is 20.2. The lowest BCUT2D eigenvalue weighted by atomic mass is 9.99. The predicted octanol–water partition coefficient (Wildman–Crippen LogP) is 8.26. The zero-order valence-corrected chi connectivity index (χ0v) is 17.6. The van der Waals surface area contributed by atoms with Crippen molar-refractivity contribution in [1.29, 1.82) is 0 Å². The monoisotopic (exact) mass is 434 g/mol. The SMILES string of the molecule is O=C(Sc1ccc(-c2ccc(Cl)cc2)cc1-c1ccc(Cl)cc1)c1ccccc1. The average Bonchev–Trinajstić information content (AvgIpc) is 2.76. The van der Waals surface area contributed by atoms with Gasteiger partial charge in [0.2, 0.25) is 5.12 Å². The highest BCUT2D eigenvalue weighted by Crippen LogP contribution is 2.37. The van der Waals surface area contributed by atoms with Crippen LogP contribution in [0.5, 0.6) is 0 Å². The van der Waals surface area contributed by atoms with E-state index in [4.69, 9.17) is 23.2 Å². The van der Waals surface area contributed by atoms with Crippen molar-refractivity contribution in [3.8, 4) is 22.3 Å². The molecule has 0 unspecified atom stereocenters. The van der Waals surface area contributed by atoms with Crippen molar-refractivity contribution in [2.24, 2.45) is 0 Å². The minimum atomic E-state index is 0.0139. The van der Waals surface area contributed by atoms with Crippen LogP contribution in [0.4, 0.5) is 0 Å². The van der Waals surface area contributed by atoms with Gasteiger partial charge in [0.15, 0.2) is 0 Å². The van der Waals surface area contributed by atoms with Crippen molar-refractivity contribution in [2.45, 2.75) is 4.90 Å². The summed E-state index contributed by atoms with van der Waals surface area (Å²) in [5, 5.41) is 1.39. The Morgan fingerprint density at radius 3 is 1.79 bits per heavy atom. The summed E-state index contributed by atoms with van der Waals surface area (Å²) >= 11 is 13.3. The molecule has 0 aliphatic heterocycles. The number of carbonyl (C=O) groups excluding carboxylic acids is 1. The Morgan fingerprint density at radius 2 is 1.17 bits per heavy atom. The largest absolute Gasteiger partial charge is 0.281 e. The van der Waals surface area contributed by atoms with E-state index in [0.717, 1.165) is 27.1 Å². The standard InChI is InChI=1S/C25H16Cl2OS/c26-21-11-6-17(7-12-21)20-10-15-24(29-25(28)19-4-2-1-3-5-19)23(16-20)18-8-13-22(27)14-9-18/h1-16H. The summed E-state index contributed by atoms with van der Waals surface area (Å²) in [5.41, 5.74) is 4.80. The lowest BCUT2D eigenvalue weighted by molar-refractivity contribution is 0.108. The minimum Gasteiger partial charge on any atom is -0.281 e. The van der Waals surface area contributed by atoms with Crippen molar-refractivity contribution < 1.29 is 4.79 Å². The number of halogens is 2. The smallest absolute Gasteiger partial charge is 0.224 e. The Hall–Kier alpha value is -2.52. The van der Waals surface area contributed by atoms with E-state index in [9.17, 15) is 4.79 Å². The Bertz CT molecular complexity index is 1140. The normalized spacial score (nSPS) is 10.7. The number of thioether (sulfide) groups is 1. The topological polar surface area (TPSA) is 17.1 Å². The molecule has 0 fully saturated rings. The molecule has 0 aliphatic carbocycles. The fraction of sp³-hybridized carbons (Fsp3) is 0. The summed E-state index contributed by atoms with van der Waals surface area (Å²) in [6.45, 7) is 0. The molecule has 0 amide bonds. The highest BCUT2D eigenvalue weighted by Gasteiger charge is 2.14. The Balaban J connectivity index is 1.76. The van der Waals surface area contributed by atoms with Crippen molar-refractivity contribution in [2.75, 3.05) is 0 Å². The van der Waals surface area contributed by atoms with Crippen molar-refractivity contribution >= 4 is 40.1 Å². The zero-order valence-electron chi connectivity index (χ0n) is 15.3. The maximum atomic E-state index is 12.8. The molecule has 0 atom stereocenters. The van der Waals surface area contributed by atoms with E-state index in [1.807, 2.05) is 91.0 Å². The van der Waals surface area contributed by atoms with E-state index < -0.39 is 0 Å². The summed E-state index contributed by atoms with van der Waals surface area (Å²) in [4.78, 5) is 13.7. The molecule has 4 heteroatoms. The molecule has 0 bridgehead atoms. The second kappa shape index (κ2) is 8.87. The maximum Gasteiger partial charge on any atom is 0.224 e. The van der Waals surface area contributed by atoms with Gasteiger partial charge < -0.3 is 0 Å². The number of rotatable bonds is 4. The van der Waals surface area contributed by atoms with E-state index >= 15 is 0 Å². The minimum absolute atomic E-state index is 0.0139. The molecule has 29 heavy (non-hydrogen) atoms. The quantitative estimate of drug-likeness (QED) is 0.300. The van der Waals surface area contributed by atoms with E-state index in [-0.39, 0.29) is 5.12 Å². The molecular formula is C25H16Cl2OS. The molecule has 4 rings (SSSR count). The molecule has 0 N–H and O–H groups in total.